The minimum absolute atomic E-state index is 0.0157. The maximum atomic E-state index is 11.9. The molecule has 0 aliphatic carbocycles. The molecule has 0 bridgehead atoms. The van der Waals surface area contributed by atoms with Crippen molar-refractivity contribution in [2.75, 3.05) is 14.2 Å². The van der Waals surface area contributed by atoms with Crippen LogP contribution in [0, 0.1) is 0 Å². The molecule has 0 saturated heterocycles. The average molecular weight is 302 g/mol. The second-order valence-electron chi connectivity index (χ2n) is 4.62. The van der Waals surface area contributed by atoms with Crippen LogP contribution >= 0.6 is 0 Å². The minimum atomic E-state index is -0.244. The smallest absolute Gasteiger partial charge is 0.250 e. The Hall–Kier alpha value is -2.76. The van der Waals surface area contributed by atoms with Crippen molar-refractivity contribution >= 4 is 5.91 Å². The first-order valence-electron chi connectivity index (χ1n) is 6.77. The summed E-state index contributed by atoms with van der Waals surface area (Å²) >= 11 is 0. The number of hydrogen-bond acceptors (Lipinski definition) is 4. The maximum absolute atomic E-state index is 11.9. The van der Waals surface area contributed by atoms with Crippen molar-refractivity contribution in [3.05, 3.63) is 58.5 Å². The molecule has 0 unspecified atom stereocenters. The summed E-state index contributed by atoms with van der Waals surface area (Å²) in [5, 5.41) is 2.77. The number of carbonyl (C=O) groups excluding carboxylic acids is 1. The molecule has 0 aliphatic rings. The Morgan fingerprint density at radius 2 is 2.00 bits per heavy atom. The van der Waals surface area contributed by atoms with Crippen molar-refractivity contribution in [2.45, 2.75) is 13.1 Å². The van der Waals surface area contributed by atoms with Crippen LogP contribution in [0.4, 0.5) is 0 Å². The van der Waals surface area contributed by atoms with Crippen molar-refractivity contribution in [3.63, 3.8) is 0 Å². The molecule has 22 heavy (non-hydrogen) atoms. The highest BCUT2D eigenvalue weighted by Gasteiger charge is 2.08. The first kappa shape index (κ1) is 15.6. The van der Waals surface area contributed by atoms with Gasteiger partial charge in [0.1, 0.15) is 18.0 Å². The summed E-state index contributed by atoms with van der Waals surface area (Å²) in [5.41, 5.74) is 0.622. The van der Waals surface area contributed by atoms with Gasteiger partial charge in [0.25, 0.3) is 5.56 Å². The van der Waals surface area contributed by atoms with Crippen molar-refractivity contribution < 1.29 is 14.3 Å². The third-order valence-electron chi connectivity index (χ3n) is 3.18. The molecule has 0 saturated carbocycles. The predicted octanol–water partition coefficient (Wildman–Crippen LogP) is 1.18. The van der Waals surface area contributed by atoms with Gasteiger partial charge in [0.2, 0.25) is 5.91 Å². The summed E-state index contributed by atoms with van der Waals surface area (Å²) in [4.78, 5) is 23.5. The van der Waals surface area contributed by atoms with Crippen LogP contribution in [-0.2, 0) is 17.9 Å². The van der Waals surface area contributed by atoms with Crippen LogP contribution in [-0.4, -0.2) is 24.7 Å². The Labute approximate surface area is 128 Å². The average Bonchev–Trinajstić information content (AvgIpc) is 2.55. The third-order valence-corrected chi connectivity index (χ3v) is 3.18. The van der Waals surface area contributed by atoms with Gasteiger partial charge in [0.05, 0.1) is 14.2 Å². The van der Waals surface area contributed by atoms with Gasteiger partial charge in [0, 0.05) is 30.4 Å². The molecule has 1 aromatic heterocycles. The number of nitrogens with one attached hydrogen (secondary N) is 1. The normalized spacial score (nSPS) is 10.1. The Kier molecular flexibility index (Phi) is 5.19. The van der Waals surface area contributed by atoms with E-state index < -0.39 is 0 Å². The number of nitrogens with zero attached hydrogens (tertiary/aromatic N) is 1. The lowest BCUT2D eigenvalue weighted by molar-refractivity contribution is -0.121. The van der Waals surface area contributed by atoms with E-state index in [2.05, 4.69) is 5.32 Å². The van der Waals surface area contributed by atoms with E-state index in [0.29, 0.717) is 18.0 Å². The van der Waals surface area contributed by atoms with Gasteiger partial charge in [-0.3, -0.25) is 9.59 Å². The zero-order valence-corrected chi connectivity index (χ0v) is 12.5. The summed E-state index contributed by atoms with van der Waals surface area (Å²) in [7, 11) is 3.14. The molecule has 2 rings (SSSR count). The summed E-state index contributed by atoms with van der Waals surface area (Å²) in [6.07, 6.45) is 1.58. The standard InChI is InChI=1S/C16H18N2O4/c1-21-13-7-6-12(14(9-13)22-2)10-17-15(19)11-18-8-4-3-5-16(18)20/h3-9H,10-11H2,1-2H3,(H,17,19). The maximum Gasteiger partial charge on any atom is 0.250 e. The molecule has 6 heteroatoms. The SMILES string of the molecule is COc1ccc(CNC(=O)Cn2ccccc2=O)c(OC)c1. The first-order chi connectivity index (χ1) is 10.6. The molecule has 1 heterocycles. The van der Waals surface area contributed by atoms with Crippen molar-refractivity contribution in [3.8, 4) is 11.5 Å². The number of amides is 1. The van der Waals surface area contributed by atoms with Crippen LogP contribution in [0.25, 0.3) is 0 Å². The van der Waals surface area contributed by atoms with E-state index in [1.165, 1.54) is 10.6 Å². The quantitative estimate of drug-likeness (QED) is 0.870. The fourth-order valence-corrected chi connectivity index (χ4v) is 1.99. The molecule has 2 aromatic rings. The molecule has 0 radical (unpaired) electrons. The van der Waals surface area contributed by atoms with E-state index >= 15 is 0 Å². The lowest BCUT2D eigenvalue weighted by Crippen LogP contribution is -2.31. The number of hydrogen-bond donors (Lipinski definition) is 1. The molecule has 6 nitrogen and oxygen atoms in total. The summed E-state index contributed by atoms with van der Waals surface area (Å²) in [6, 6.07) is 10.1. The highest BCUT2D eigenvalue weighted by Crippen LogP contribution is 2.24. The van der Waals surface area contributed by atoms with Crippen molar-refractivity contribution in [2.24, 2.45) is 0 Å². The van der Waals surface area contributed by atoms with Gasteiger partial charge < -0.3 is 19.4 Å². The third kappa shape index (κ3) is 3.88. The van der Waals surface area contributed by atoms with E-state index in [1.807, 2.05) is 6.07 Å². The lowest BCUT2D eigenvalue weighted by Gasteiger charge is -2.11. The molecule has 0 fully saturated rings. The Morgan fingerprint density at radius 1 is 1.18 bits per heavy atom. The molecule has 1 aromatic carbocycles. The fraction of sp³-hybridized carbons (Fsp3) is 0.250. The molecule has 0 spiro atoms. The Morgan fingerprint density at radius 3 is 2.68 bits per heavy atom. The van der Waals surface area contributed by atoms with Crippen LogP contribution in [0.1, 0.15) is 5.56 Å². The highest BCUT2D eigenvalue weighted by molar-refractivity contribution is 5.75. The number of aromatic nitrogens is 1. The van der Waals surface area contributed by atoms with E-state index in [0.717, 1.165) is 5.56 Å². The van der Waals surface area contributed by atoms with Gasteiger partial charge in [-0.05, 0) is 18.2 Å². The van der Waals surface area contributed by atoms with E-state index in [-0.39, 0.29) is 18.0 Å². The number of pyridine rings is 1. The number of methoxy groups -OCH3 is 2. The molecule has 1 amide bonds. The number of rotatable bonds is 6. The van der Waals surface area contributed by atoms with Gasteiger partial charge in [-0.25, -0.2) is 0 Å². The van der Waals surface area contributed by atoms with Gasteiger partial charge >= 0.3 is 0 Å². The van der Waals surface area contributed by atoms with Crippen LogP contribution in [0.15, 0.2) is 47.4 Å². The van der Waals surface area contributed by atoms with Crippen LogP contribution in [0.2, 0.25) is 0 Å². The van der Waals surface area contributed by atoms with Gasteiger partial charge in [-0.15, -0.1) is 0 Å². The largest absolute Gasteiger partial charge is 0.497 e. The second-order valence-corrected chi connectivity index (χ2v) is 4.62. The number of carbonyl (C=O) groups is 1. The van der Waals surface area contributed by atoms with Gasteiger partial charge in [0.15, 0.2) is 0 Å². The summed E-state index contributed by atoms with van der Waals surface area (Å²) in [5.74, 6) is 1.07. The van der Waals surface area contributed by atoms with Gasteiger partial charge in [-0.2, -0.15) is 0 Å². The fourth-order valence-electron chi connectivity index (χ4n) is 1.99. The van der Waals surface area contributed by atoms with Crippen molar-refractivity contribution in [1.82, 2.24) is 9.88 Å². The Bertz CT molecular complexity index is 709. The molecule has 0 aliphatic heterocycles. The monoisotopic (exact) mass is 302 g/mol. The lowest BCUT2D eigenvalue weighted by atomic mass is 10.2. The molecule has 0 atom stereocenters. The van der Waals surface area contributed by atoms with E-state index in [4.69, 9.17) is 9.47 Å². The van der Waals surface area contributed by atoms with Crippen LogP contribution in [0.3, 0.4) is 0 Å². The molecular formula is C16H18N2O4. The zero-order chi connectivity index (χ0) is 15.9. The number of benzene rings is 1. The molecular weight excluding hydrogens is 284 g/mol. The zero-order valence-electron chi connectivity index (χ0n) is 12.5. The van der Waals surface area contributed by atoms with Crippen LogP contribution < -0.4 is 20.3 Å². The Balaban J connectivity index is 1.99. The van der Waals surface area contributed by atoms with Crippen LogP contribution in [0.5, 0.6) is 11.5 Å². The minimum Gasteiger partial charge on any atom is -0.497 e. The topological polar surface area (TPSA) is 69.6 Å². The predicted molar refractivity (Wildman–Crippen MR) is 82.1 cm³/mol. The van der Waals surface area contributed by atoms with Crippen molar-refractivity contribution in [1.29, 1.82) is 0 Å². The molecule has 1 N–H and O–H groups in total. The van der Waals surface area contributed by atoms with E-state index in [9.17, 15) is 9.59 Å². The highest BCUT2D eigenvalue weighted by atomic mass is 16.5. The first-order valence-corrected chi connectivity index (χ1v) is 6.77. The summed E-state index contributed by atoms with van der Waals surface area (Å²) < 4.78 is 11.7. The van der Waals surface area contributed by atoms with E-state index in [1.54, 1.807) is 44.7 Å². The second kappa shape index (κ2) is 7.31. The van der Waals surface area contributed by atoms with Gasteiger partial charge in [-0.1, -0.05) is 6.07 Å². The summed E-state index contributed by atoms with van der Waals surface area (Å²) in [6.45, 7) is 0.297. The number of ether oxygens (including phenoxy) is 2. The molecule has 116 valence electrons.